The summed E-state index contributed by atoms with van der Waals surface area (Å²) >= 11 is 0. The van der Waals surface area contributed by atoms with E-state index in [0.717, 1.165) is 54.2 Å². The Bertz CT molecular complexity index is 1810. The van der Waals surface area contributed by atoms with Crippen LogP contribution in [0.2, 0.25) is 0 Å². The van der Waals surface area contributed by atoms with Gasteiger partial charge in [-0.05, 0) is 60.4 Å². The number of hydrogen-bond acceptors (Lipinski definition) is 6. The van der Waals surface area contributed by atoms with Crippen molar-refractivity contribution >= 4 is 17.3 Å². The van der Waals surface area contributed by atoms with Crippen LogP contribution < -0.4 is 15.1 Å². The van der Waals surface area contributed by atoms with Crippen LogP contribution in [-0.4, -0.2) is 24.1 Å². The fourth-order valence-electron chi connectivity index (χ4n) is 6.96. The highest BCUT2D eigenvalue weighted by atomic mass is 16.6. The number of carbonyl (C=O) groups is 1. The number of anilines is 2. The van der Waals surface area contributed by atoms with Crippen molar-refractivity contribution in [1.29, 1.82) is 0 Å². The summed E-state index contributed by atoms with van der Waals surface area (Å²) in [6, 6.07) is 41.2. The molecule has 6 heteroatoms. The Morgan fingerprint density at radius 2 is 1.36 bits per heavy atom. The second kappa shape index (κ2) is 11.5. The molecule has 3 aliphatic heterocycles. The maximum absolute atomic E-state index is 13.5. The first-order chi connectivity index (χ1) is 22.2. The minimum absolute atomic E-state index is 0.323. The lowest BCUT2D eigenvalue weighted by molar-refractivity contribution is 0.0224. The van der Waals surface area contributed by atoms with Gasteiger partial charge in [0.05, 0.1) is 11.3 Å². The first kappa shape index (κ1) is 27.5. The summed E-state index contributed by atoms with van der Waals surface area (Å²) in [5, 5.41) is 2.27. The van der Waals surface area contributed by atoms with Crippen molar-refractivity contribution in [2.45, 2.75) is 38.0 Å². The molecule has 5 aromatic carbocycles. The van der Waals surface area contributed by atoms with Crippen molar-refractivity contribution in [2.24, 2.45) is 0 Å². The van der Waals surface area contributed by atoms with Gasteiger partial charge in [0.1, 0.15) is 11.5 Å². The van der Waals surface area contributed by atoms with Crippen LogP contribution in [0.4, 0.5) is 11.4 Å². The van der Waals surface area contributed by atoms with Crippen molar-refractivity contribution in [3.63, 3.8) is 0 Å². The van der Waals surface area contributed by atoms with E-state index in [1.54, 1.807) is 0 Å². The molecule has 1 fully saturated rings. The molecule has 3 aliphatic rings. The van der Waals surface area contributed by atoms with E-state index in [9.17, 15) is 4.79 Å². The molecule has 1 saturated heterocycles. The molecule has 1 spiro atoms. The number of piperidine rings is 1. The van der Waals surface area contributed by atoms with Gasteiger partial charge < -0.3 is 19.8 Å². The van der Waals surface area contributed by atoms with Crippen LogP contribution in [0.3, 0.4) is 0 Å². The van der Waals surface area contributed by atoms with Gasteiger partial charge in [-0.15, -0.1) is 0 Å². The molecule has 0 saturated carbocycles. The average molecular weight is 594 g/mol. The number of carbonyl (C=O) groups excluding carboxylic acids is 1. The number of hydrogen-bond donors (Lipinski definition) is 1. The van der Waals surface area contributed by atoms with Crippen molar-refractivity contribution < 1.29 is 14.3 Å². The van der Waals surface area contributed by atoms with Crippen LogP contribution in [-0.2, 0) is 23.4 Å². The molecule has 45 heavy (non-hydrogen) atoms. The fraction of sp³-hybridized carbons (Fsp3) is 0.205. The lowest BCUT2D eigenvalue weighted by Gasteiger charge is -2.38. The molecule has 6 nitrogen and oxygen atoms in total. The molecule has 3 heterocycles. The Hall–Kier alpha value is -5.07. The Morgan fingerprint density at radius 3 is 2.09 bits per heavy atom. The summed E-state index contributed by atoms with van der Waals surface area (Å²) in [4.78, 5) is 15.9. The Balaban J connectivity index is 1.24. The van der Waals surface area contributed by atoms with E-state index in [4.69, 9.17) is 9.47 Å². The molecule has 1 unspecified atom stereocenters. The quantitative estimate of drug-likeness (QED) is 0.192. The number of fused-ring (bicyclic) bond motifs is 6. The highest BCUT2D eigenvalue weighted by molar-refractivity contribution is 5.97. The summed E-state index contributed by atoms with van der Waals surface area (Å²) in [5.41, 5.74) is 9.94. The number of nitrogens with zero attached hydrogens (tertiary/aromatic N) is 2. The normalized spacial score (nSPS) is 18.4. The van der Waals surface area contributed by atoms with E-state index >= 15 is 0 Å². The van der Waals surface area contributed by atoms with Crippen LogP contribution >= 0.6 is 0 Å². The van der Waals surface area contributed by atoms with Crippen LogP contribution in [0.1, 0.15) is 57.4 Å². The minimum atomic E-state index is -1.12. The van der Waals surface area contributed by atoms with E-state index < -0.39 is 5.60 Å². The first-order valence-electron chi connectivity index (χ1n) is 15.8. The second-order valence-electron chi connectivity index (χ2n) is 12.1. The smallest absolute Gasteiger partial charge is 0.340 e. The van der Waals surface area contributed by atoms with Crippen molar-refractivity contribution in [3.05, 3.63) is 155 Å². The van der Waals surface area contributed by atoms with E-state index in [-0.39, 0.29) is 5.97 Å². The lowest BCUT2D eigenvalue weighted by Crippen LogP contribution is -2.35. The number of rotatable bonds is 7. The van der Waals surface area contributed by atoms with Gasteiger partial charge >= 0.3 is 5.97 Å². The number of nitrogens with one attached hydrogen (secondary N) is 1. The lowest BCUT2D eigenvalue weighted by atomic mass is 9.77. The summed E-state index contributed by atoms with van der Waals surface area (Å²) < 4.78 is 13.2. The highest BCUT2D eigenvalue weighted by Gasteiger charge is 2.53. The van der Waals surface area contributed by atoms with Gasteiger partial charge in [-0.2, -0.15) is 0 Å². The fourth-order valence-corrected chi connectivity index (χ4v) is 6.96. The maximum Gasteiger partial charge on any atom is 0.340 e. The molecule has 1 N–H and O–H groups in total. The Labute approximate surface area is 263 Å². The molecule has 224 valence electrons. The van der Waals surface area contributed by atoms with Gasteiger partial charge in [-0.25, -0.2) is 9.80 Å². The van der Waals surface area contributed by atoms with Crippen LogP contribution in [0.5, 0.6) is 11.5 Å². The van der Waals surface area contributed by atoms with Gasteiger partial charge in [0, 0.05) is 54.6 Å². The van der Waals surface area contributed by atoms with Gasteiger partial charge in [0.15, 0.2) is 5.60 Å². The summed E-state index contributed by atoms with van der Waals surface area (Å²) in [6.45, 7) is 3.48. The zero-order valence-electron chi connectivity index (χ0n) is 25.1. The average Bonchev–Trinajstić information content (AvgIpc) is 3.38. The second-order valence-corrected chi connectivity index (χ2v) is 12.1. The largest absolute Gasteiger partial charge is 0.456 e. The molecule has 5 aromatic rings. The number of ether oxygens (including phenoxy) is 2. The zero-order valence-corrected chi connectivity index (χ0v) is 25.1. The number of hydrazine groups is 1. The zero-order chi connectivity index (χ0) is 30.2. The maximum atomic E-state index is 13.5. The monoisotopic (exact) mass is 593 g/mol. The molecule has 8 rings (SSSR count). The Kier molecular flexibility index (Phi) is 6.99. The highest BCUT2D eigenvalue weighted by Crippen LogP contribution is 2.57. The predicted octanol–water partition coefficient (Wildman–Crippen LogP) is 8.27. The van der Waals surface area contributed by atoms with Crippen LogP contribution in [0.15, 0.2) is 121 Å². The van der Waals surface area contributed by atoms with Crippen molar-refractivity contribution in [1.82, 2.24) is 5.01 Å². The molecular weight excluding hydrogens is 558 g/mol. The van der Waals surface area contributed by atoms with Gasteiger partial charge in [0.25, 0.3) is 0 Å². The van der Waals surface area contributed by atoms with E-state index in [0.29, 0.717) is 17.1 Å². The molecule has 0 radical (unpaired) electrons. The molecule has 0 aliphatic carbocycles. The van der Waals surface area contributed by atoms with Gasteiger partial charge in [-0.3, -0.25) is 0 Å². The number of benzene rings is 5. The third-order valence-corrected chi connectivity index (χ3v) is 9.14. The SMILES string of the molecule is O=C1OC2(c3ccc(NN4CCCCC4)cc3Oc3ccc(N(Cc4ccccc4)Cc4ccccc4)cc32)c2ccccc21. The summed E-state index contributed by atoms with van der Waals surface area (Å²) in [6.07, 6.45) is 3.64. The first-order valence-corrected chi connectivity index (χ1v) is 15.8. The molecule has 0 aromatic heterocycles. The minimum Gasteiger partial charge on any atom is -0.456 e. The molecule has 0 amide bonds. The molecule has 0 bridgehead atoms. The van der Waals surface area contributed by atoms with Crippen molar-refractivity contribution in [2.75, 3.05) is 23.4 Å². The van der Waals surface area contributed by atoms with Gasteiger partial charge in [-0.1, -0.05) is 85.3 Å². The van der Waals surface area contributed by atoms with Crippen molar-refractivity contribution in [3.8, 4) is 11.5 Å². The summed E-state index contributed by atoms with van der Waals surface area (Å²) in [5.74, 6) is 1.05. The van der Waals surface area contributed by atoms with E-state index in [1.807, 2.05) is 48.5 Å². The van der Waals surface area contributed by atoms with E-state index in [2.05, 4.69) is 88.1 Å². The molecular formula is C39H35N3O3. The third kappa shape index (κ3) is 5.01. The Morgan fingerprint density at radius 1 is 0.667 bits per heavy atom. The topological polar surface area (TPSA) is 54.0 Å². The standard InChI is InChI=1S/C39H35N3O3/c43-38-32-16-8-9-17-33(32)39(45-38)34-20-18-30(40-42-22-10-3-11-23-42)24-37(34)44-36-21-19-31(25-35(36)39)41(26-28-12-4-1-5-13-28)27-29-14-6-2-7-15-29/h1-2,4-9,12-21,24-25,40H,3,10-11,22-23,26-27H2. The van der Waals surface area contributed by atoms with Crippen LogP contribution in [0.25, 0.3) is 0 Å². The number of esters is 1. The molecule has 1 atom stereocenters. The summed E-state index contributed by atoms with van der Waals surface area (Å²) in [7, 11) is 0. The third-order valence-electron chi connectivity index (χ3n) is 9.14. The van der Waals surface area contributed by atoms with Crippen LogP contribution in [0, 0.1) is 0 Å². The predicted molar refractivity (Wildman–Crippen MR) is 177 cm³/mol. The van der Waals surface area contributed by atoms with Gasteiger partial charge in [0.2, 0.25) is 0 Å². The van der Waals surface area contributed by atoms with E-state index in [1.165, 1.54) is 30.4 Å².